The molecule has 0 atom stereocenters. The number of nitrogens with zero attached hydrogens (tertiary/aromatic N) is 1. The first-order valence-corrected chi connectivity index (χ1v) is 6.10. The highest BCUT2D eigenvalue weighted by atomic mass is 16.5. The Morgan fingerprint density at radius 1 is 1.16 bits per heavy atom. The second kappa shape index (κ2) is 7.20. The Kier molecular flexibility index (Phi) is 4.97. The van der Waals surface area contributed by atoms with Gasteiger partial charge in [0.15, 0.2) is 0 Å². The molecule has 3 heteroatoms. The van der Waals surface area contributed by atoms with Crippen molar-refractivity contribution in [2.75, 3.05) is 6.61 Å². The number of aromatic nitrogens is 1. The fraction of sp³-hybridized carbons (Fsp3) is 0.188. The molecule has 0 amide bonds. The predicted molar refractivity (Wildman–Crippen MR) is 73.6 cm³/mol. The van der Waals surface area contributed by atoms with Crippen molar-refractivity contribution in [2.45, 2.75) is 13.0 Å². The summed E-state index contributed by atoms with van der Waals surface area (Å²) in [6, 6.07) is 11.5. The highest BCUT2D eigenvalue weighted by molar-refractivity contribution is 5.39. The molecule has 1 heterocycles. The third kappa shape index (κ3) is 4.46. The van der Waals surface area contributed by atoms with Crippen LogP contribution in [0.3, 0.4) is 0 Å². The summed E-state index contributed by atoms with van der Waals surface area (Å²) >= 11 is 0. The Labute approximate surface area is 112 Å². The molecule has 0 aliphatic rings. The Bertz CT molecular complexity index is 570. The summed E-state index contributed by atoms with van der Waals surface area (Å²) in [4.78, 5) is 3.96. The van der Waals surface area contributed by atoms with E-state index in [1.165, 1.54) is 0 Å². The van der Waals surface area contributed by atoms with Crippen LogP contribution in [0.1, 0.15) is 17.5 Å². The van der Waals surface area contributed by atoms with Gasteiger partial charge in [-0.1, -0.05) is 17.9 Å². The van der Waals surface area contributed by atoms with E-state index in [-0.39, 0.29) is 6.61 Å². The minimum Gasteiger partial charge on any atom is -0.489 e. The van der Waals surface area contributed by atoms with Crippen LogP contribution in [0, 0.1) is 11.8 Å². The lowest BCUT2D eigenvalue weighted by atomic mass is 10.2. The van der Waals surface area contributed by atoms with Gasteiger partial charge in [0.2, 0.25) is 0 Å². The summed E-state index contributed by atoms with van der Waals surface area (Å²) in [5.41, 5.74) is 1.97. The third-order valence-electron chi connectivity index (χ3n) is 2.46. The summed E-state index contributed by atoms with van der Waals surface area (Å²) < 4.78 is 5.69. The second-order valence-electron chi connectivity index (χ2n) is 3.95. The number of ether oxygens (including phenoxy) is 1. The predicted octanol–water partition coefficient (Wildman–Crippen LogP) is 2.39. The van der Waals surface area contributed by atoms with Crippen molar-refractivity contribution in [3.05, 3.63) is 59.9 Å². The van der Waals surface area contributed by atoms with Crippen molar-refractivity contribution >= 4 is 0 Å². The quantitative estimate of drug-likeness (QED) is 0.851. The topological polar surface area (TPSA) is 42.4 Å². The van der Waals surface area contributed by atoms with E-state index in [9.17, 15) is 0 Å². The average Bonchev–Trinajstić information content (AvgIpc) is 2.47. The lowest BCUT2D eigenvalue weighted by Gasteiger charge is -2.06. The molecule has 0 radical (unpaired) electrons. The first-order chi connectivity index (χ1) is 9.38. The number of rotatable bonds is 4. The fourth-order valence-corrected chi connectivity index (χ4v) is 1.53. The van der Waals surface area contributed by atoms with Crippen LogP contribution in [-0.4, -0.2) is 16.7 Å². The van der Waals surface area contributed by atoms with Crippen molar-refractivity contribution in [3.63, 3.8) is 0 Å². The first-order valence-electron chi connectivity index (χ1n) is 6.10. The van der Waals surface area contributed by atoms with E-state index in [1.807, 2.05) is 36.4 Å². The molecule has 0 aliphatic carbocycles. The Morgan fingerprint density at radius 3 is 2.79 bits per heavy atom. The van der Waals surface area contributed by atoms with Crippen LogP contribution in [0.25, 0.3) is 0 Å². The Hall–Kier alpha value is -2.31. The van der Waals surface area contributed by atoms with Crippen molar-refractivity contribution in [2.24, 2.45) is 0 Å². The van der Waals surface area contributed by atoms with Crippen molar-refractivity contribution in [1.29, 1.82) is 0 Å². The molecule has 2 aromatic rings. The first kappa shape index (κ1) is 13.1. The molecule has 0 spiro atoms. The molecule has 1 N–H and O–H groups in total. The molecule has 1 aromatic heterocycles. The van der Waals surface area contributed by atoms with Crippen LogP contribution >= 0.6 is 0 Å². The lowest BCUT2D eigenvalue weighted by Crippen LogP contribution is -1.95. The zero-order chi connectivity index (χ0) is 13.3. The smallest absolute Gasteiger partial charge is 0.121 e. The molecule has 19 heavy (non-hydrogen) atoms. The van der Waals surface area contributed by atoms with Gasteiger partial charge in [0.05, 0.1) is 6.61 Å². The highest BCUT2D eigenvalue weighted by Gasteiger charge is 1.96. The summed E-state index contributed by atoms with van der Waals surface area (Å²) in [6.45, 7) is 0.598. The van der Waals surface area contributed by atoms with Gasteiger partial charge in [-0.05, 0) is 35.9 Å². The number of aliphatic hydroxyl groups excluding tert-OH is 1. The molecule has 96 valence electrons. The maximum absolute atomic E-state index is 8.68. The van der Waals surface area contributed by atoms with Crippen LogP contribution < -0.4 is 4.74 Å². The molecule has 0 bridgehead atoms. The monoisotopic (exact) mass is 253 g/mol. The van der Waals surface area contributed by atoms with Crippen LogP contribution in [-0.2, 0) is 6.61 Å². The number of benzene rings is 1. The van der Waals surface area contributed by atoms with Gasteiger partial charge in [0.25, 0.3) is 0 Å². The normalized spacial score (nSPS) is 9.53. The molecular formula is C16H15NO2. The van der Waals surface area contributed by atoms with Gasteiger partial charge >= 0.3 is 0 Å². The van der Waals surface area contributed by atoms with Gasteiger partial charge in [-0.25, -0.2) is 0 Å². The molecule has 1 aromatic carbocycles. The third-order valence-corrected chi connectivity index (χ3v) is 2.46. The number of aliphatic hydroxyl groups is 1. The molecule has 0 saturated heterocycles. The largest absolute Gasteiger partial charge is 0.489 e. The number of hydrogen-bond donors (Lipinski definition) is 1. The Balaban J connectivity index is 1.98. The standard InChI is InChI=1S/C16H15NO2/c18-11-2-1-4-14-5-3-6-16(12-14)19-13-15-7-9-17-10-8-15/h3,5-10,12,18H,2,11,13H2. The molecular weight excluding hydrogens is 238 g/mol. The molecule has 0 fully saturated rings. The maximum atomic E-state index is 8.68. The van der Waals surface area contributed by atoms with Crippen LogP contribution in [0.15, 0.2) is 48.8 Å². The van der Waals surface area contributed by atoms with E-state index in [0.29, 0.717) is 13.0 Å². The fourth-order valence-electron chi connectivity index (χ4n) is 1.53. The van der Waals surface area contributed by atoms with Crippen LogP contribution in [0.2, 0.25) is 0 Å². The van der Waals surface area contributed by atoms with Gasteiger partial charge < -0.3 is 9.84 Å². The second-order valence-corrected chi connectivity index (χ2v) is 3.95. The molecule has 0 saturated carbocycles. The van der Waals surface area contributed by atoms with E-state index in [1.54, 1.807) is 12.4 Å². The highest BCUT2D eigenvalue weighted by Crippen LogP contribution is 2.14. The van der Waals surface area contributed by atoms with Gasteiger partial charge in [-0.2, -0.15) is 0 Å². The SMILES string of the molecule is OCCC#Cc1cccc(OCc2ccncc2)c1. The summed E-state index contributed by atoms with van der Waals surface area (Å²) in [5.74, 6) is 6.66. The van der Waals surface area contributed by atoms with Crippen LogP contribution in [0.4, 0.5) is 0 Å². The van der Waals surface area contributed by atoms with E-state index in [4.69, 9.17) is 9.84 Å². The van der Waals surface area contributed by atoms with Crippen molar-refractivity contribution in [3.8, 4) is 17.6 Å². The van der Waals surface area contributed by atoms with E-state index in [0.717, 1.165) is 16.9 Å². The van der Waals surface area contributed by atoms with Gasteiger partial charge in [-0.3, -0.25) is 4.98 Å². The van der Waals surface area contributed by atoms with Gasteiger partial charge in [-0.15, -0.1) is 0 Å². The maximum Gasteiger partial charge on any atom is 0.121 e. The van der Waals surface area contributed by atoms with E-state index < -0.39 is 0 Å². The van der Waals surface area contributed by atoms with Gasteiger partial charge in [0, 0.05) is 24.4 Å². The zero-order valence-corrected chi connectivity index (χ0v) is 10.5. The average molecular weight is 253 g/mol. The summed E-state index contributed by atoms with van der Waals surface area (Å²) in [6.07, 6.45) is 3.98. The summed E-state index contributed by atoms with van der Waals surface area (Å²) in [5, 5.41) is 8.68. The minimum atomic E-state index is 0.0885. The van der Waals surface area contributed by atoms with Crippen LogP contribution in [0.5, 0.6) is 5.75 Å². The molecule has 0 aliphatic heterocycles. The van der Waals surface area contributed by atoms with Gasteiger partial charge in [0.1, 0.15) is 12.4 Å². The van der Waals surface area contributed by atoms with E-state index >= 15 is 0 Å². The van der Waals surface area contributed by atoms with E-state index in [2.05, 4.69) is 16.8 Å². The summed E-state index contributed by atoms with van der Waals surface area (Å²) in [7, 11) is 0. The van der Waals surface area contributed by atoms with Crippen molar-refractivity contribution in [1.82, 2.24) is 4.98 Å². The molecule has 2 rings (SSSR count). The number of hydrogen-bond acceptors (Lipinski definition) is 3. The zero-order valence-electron chi connectivity index (χ0n) is 10.5. The number of pyridine rings is 1. The Morgan fingerprint density at radius 2 is 2.00 bits per heavy atom. The molecule has 3 nitrogen and oxygen atoms in total. The lowest BCUT2D eigenvalue weighted by molar-refractivity contribution is 0.305. The minimum absolute atomic E-state index is 0.0885. The molecule has 0 unspecified atom stereocenters. The van der Waals surface area contributed by atoms with Crippen molar-refractivity contribution < 1.29 is 9.84 Å².